The molecule has 0 aliphatic rings. The highest BCUT2D eigenvalue weighted by molar-refractivity contribution is 7.80. The van der Waals surface area contributed by atoms with Crippen LogP contribution in [0, 0.1) is 6.92 Å². The molecular weight excluding hydrogens is 376 g/mol. The number of nitrogen functional groups attached to an aromatic ring is 1. The minimum Gasteiger partial charge on any atom is -0.726 e. The largest absolute Gasteiger partial charge is 0.726 e. The van der Waals surface area contributed by atoms with Gasteiger partial charge in [0.1, 0.15) is 11.2 Å². The third-order valence-corrected chi connectivity index (χ3v) is 4.93. The fourth-order valence-corrected chi connectivity index (χ4v) is 2.97. The van der Waals surface area contributed by atoms with Crippen LogP contribution in [0.25, 0.3) is 10.2 Å². The van der Waals surface area contributed by atoms with Crippen LogP contribution in [-0.2, 0) is 21.6 Å². The molecule has 0 amide bonds. The van der Waals surface area contributed by atoms with Gasteiger partial charge >= 0.3 is 5.13 Å². The van der Waals surface area contributed by atoms with E-state index in [0.717, 1.165) is 29.2 Å². The molecule has 0 aliphatic heterocycles. The predicted octanol–water partition coefficient (Wildman–Crippen LogP) is 3.12. The van der Waals surface area contributed by atoms with Gasteiger partial charge in [-0.1, -0.05) is 12.1 Å². The number of nitrogens with two attached hydrogens (primary N) is 1. The fraction of sp³-hybridized carbons (Fsp3) is 0.188. The molecule has 0 aliphatic carbocycles. The number of rotatable bonds is 3. The Bertz CT molecular complexity index is 1050. The molecule has 8 nitrogen and oxygen atoms in total. The average Bonchev–Trinajstić information content (AvgIpc) is 2.92. The summed E-state index contributed by atoms with van der Waals surface area (Å²) in [5.74, 6) is 0. The second-order valence-electron chi connectivity index (χ2n) is 5.23. The zero-order valence-electron chi connectivity index (χ0n) is 14.4. The van der Waals surface area contributed by atoms with E-state index in [1.165, 1.54) is 10.2 Å². The number of hydrogen-bond donors (Lipinski definition) is 1. The molecule has 2 aromatic carbocycles. The van der Waals surface area contributed by atoms with Crippen molar-refractivity contribution in [3.63, 3.8) is 0 Å². The van der Waals surface area contributed by atoms with E-state index in [1.54, 1.807) is 11.3 Å². The van der Waals surface area contributed by atoms with Crippen LogP contribution < -0.4 is 10.3 Å². The maximum absolute atomic E-state index is 9.22. The molecule has 3 rings (SSSR count). The molecule has 1 heterocycles. The first-order valence-corrected chi connectivity index (χ1v) is 9.53. The normalized spacial score (nSPS) is 11.5. The minimum atomic E-state index is -4.41. The predicted molar refractivity (Wildman–Crippen MR) is 99.5 cm³/mol. The first-order chi connectivity index (χ1) is 12.2. The average molecular weight is 394 g/mol. The summed E-state index contributed by atoms with van der Waals surface area (Å²) < 4.78 is 34.3. The van der Waals surface area contributed by atoms with Crippen molar-refractivity contribution in [1.82, 2.24) is 0 Å². The van der Waals surface area contributed by atoms with E-state index in [0.29, 0.717) is 0 Å². The molecular formula is C16H18N4O4S2. The van der Waals surface area contributed by atoms with Gasteiger partial charge in [0, 0.05) is 5.69 Å². The Hall–Kier alpha value is -2.40. The summed E-state index contributed by atoms with van der Waals surface area (Å²) in [4.78, 5) is 0. The fourth-order valence-electron chi connectivity index (χ4n) is 2.00. The smallest absolute Gasteiger partial charge is 0.409 e. The van der Waals surface area contributed by atoms with Crippen LogP contribution in [0.5, 0.6) is 0 Å². The Morgan fingerprint density at radius 3 is 2.42 bits per heavy atom. The van der Waals surface area contributed by atoms with Crippen LogP contribution >= 0.6 is 11.3 Å². The van der Waals surface area contributed by atoms with Crippen LogP contribution in [0.15, 0.2) is 52.7 Å². The number of benzene rings is 2. The Kier molecular flexibility index (Phi) is 6.37. The summed E-state index contributed by atoms with van der Waals surface area (Å²) in [7, 11) is -1.60. The molecule has 0 saturated heterocycles. The molecule has 0 atom stereocenters. The van der Waals surface area contributed by atoms with Crippen molar-refractivity contribution in [2.45, 2.75) is 6.92 Å². The minimum absolute atomic E-state index is 0.774. The molecule has 3 aromatic rings. The SMILES string of the molecule is COS(=O)(=O)[O-].Cc1cc(N=Nc2sc3ccccc3[n+]2C)ccc1N. The summed E-state index contributed by atoms with van der Waals surface area (Å²) in [5, 5.41) is 9.52. The van der Waals surface area contributed by atoms with Crippen molar-refractivity contribution in [3.05, 3.63) is 48.0 Å². The molecule has 0 saturated carbocycles. The zero-order valence-corrected chi connectivity index (χ0v) is 16.0. The van der Waals surface area contributed by atoms with Crippen molar-refractivity contribution in [1.29, 1.82) is 0 Å². The summed E-state index contributed by atoms with van der Waals surface area (Å²) in [5.41, 5.74) is 9.57. The number of aryl methyl sites for hydroxylation is 2. The van der Waals surface area contributed by atoms with E-state index in [2.05, 4.69) is 26.5 Å². The number of fused-ring (bicyclic) bond motifs is 1. The second-order valence-corrected chi connectivity index (χ2v) is 7.39. The lowest BCUT2D eigenvalue weighted by Crippen LogP contribution is -2.25. The molecule has 0 bridgehead atoms. The van der Waals surface area contributed by atoms with Crippen molar-refractivity contribution in [2.75, 3.05) is 12.8 Å². The molecule has 10 heteroatoms. The first-order valence-electron chi connectivity index (χ1n) is 7.38. The van der Waals surface area contributed by atoms with E-state index < -0.39 is 10.4 Å². The standard InChI is InChI=1S/C15H14N4S.CH4O4S/c1-10-9-11(7-8-12(10)16)17-18-15-19(2)13-5-3-4-6-14(13)20-15;1-5-6(2,3)4/h3-9,16H,1-2H3;1H3,(H,2,3,4). The van der Waals surface area contributed by atoms with Gasteiger partial charge in [-0.3, -0.25) is 4.18 Å². The van der Waals surface area contributed by atoms with Gasteiger partial charge in [0.2, 0.25) is 10.4 Å². The lowest BCUT2D eigenvalue weighted by Gasteiger charge is -1.98. The number of hydrogen-bond acceptors (Lipinski definition) is 8. The van der Waals surface area contributed by atoms with E-state index in [9.17, 15) is 13.0 Å². The van der Waals surface area contributed by atoms with Gasteiger partial charge in [-0.25, -0.2) is 13.0 Å². The zero-order chi connectivity index (χ0) is 19.3. The highest BCUT2D eigenvalue weighted by Gasteiger charge is 2.15. The quantitative estimate of drug-likeness (QED) is 0.240. The highest BCUT2D eigenvalue weighted by Crippen LogP contribution is 2.27. The Balaban J connectivity index is 0.000000352. The van der Waals surface area contributed by atoms with E-state index in [4.69, 9.17) is 5.73 Å². The number of azo groups is 1. The topological polar surface area (TPSA) is 121 Å². The maximum atomic E-state index is 9.22. The van der Waals surface area contributed by atoms with Crippen LogP contribution in [-0.4, -0.2) is 20.1 Å². The number of para-hydroxylation sites is 1. The van der Waals surface area contributed by atoms with E-state index >= 15 is 0 Å². The van der Waals surface area contributed by atoms with Crippen LogP contribution in [0.4, 0.5) is 16.5 Å². The molecule has 0 spiro atoms. The summed E-state index contributed by atoms with van der Waals surface area (Å²) in [6.45, 7) is 1.97. The van der Waals surface area contributed by atoms with Gasteiger partial charge in [0.25, 0.3) is 0 Å². The van der Waals surface area contributed by atoms with Gasteiger partial charge in [0.15, 0.2) is 0 Å². The Morgan fingerprint density at radius 1 is 1.19 bits per heavy atom. The van der Waals surface area contributed by atoms with E-state index in [1.807, 2.05) is 48.9 Å². The van der Waals surface area contributed by atoms with Crippen molar-refractivity contribution >= 4 is 48.5 Å². The summed E-state index contributed by atoms with van der Waals surface area (Å²) >= 11 is 1.63. The molecule has 0 unspecified atom stereocenters. The Labute approximate surface area is 155 Å². The van der Waals surface area contributed by atoms with Crippen molar-refractivity contribution in [3.8, 4) is 0 Å². The van der Waals surface area contributed by atoms with E-state index in [-0.39, 0.29) is 0 Å². The van der Waals surface area contributed by atoms with Gasteiger partial charge < -0.3 is 10.3 Å². The van der Waals surface area contributed by atoms with Gasteiger partial charge in [0.05, 0.1) is 24.0 Å². The third-order valence-electron chi connectivity index (χ3n) is 3.42. The van der Waals surface area contributed by atoms with Crippen molar-refractivity contribution < 1.29 is 21.7 Å². The molecule has 1 aromatic heterocycles. The van der Waals surface area contributed by atoms with Gasteiger partial charge in [-0.2, -0.15) is 0 Å². The monoisotopic (exact) mass is 394 g/mol. The lowest BCUT2D eigenvalue weighted by molar-refractivity contribution is -0.627. The molecule has 0 fully saturated rings. The second kappa shape index (κ2) is 8.32. The highest BCUT2D eigenvalue weighted by atomic mass is 32.3. The van der Waals surface area contributed by atoms with Crippen LogP contribution in [0.3, 0.4) is 0 Å². The van der Waals surface area contributed by atoms with Gasteiger partial charge in [-0.15, -0.1) is 0 Å². The summed E-state index contributed by atoms with van der Waals surface area (Å²) in [6.07, 6.45) is 0. The number of aromatic nitrogens is 1. The van der Waals surface area contributed by atoms with Crippen molar-refractivity contribution in [2.24, 2.45) is 17.3 Å². The number of anilines is 1. The van der Waals surface area contributed by atoms with Crippen LogP contribution in [0.1, 0.15) is 5.56 Å². The lowest BCUT2D eigenvalue weighted by atomic mass is 10.2. The molecule has 0 radical (unpaired) electrons. The summed E-state index contributed by atoms with van der Waals surface area (Å²) in [6, 6.07) is 13.9. The third kappa shape index (κ3) is 5.30. The number of nitrogens with zero attached hydrogens (tertiary/aromatic N) is 3. The Morgan fingerprint density at radius 2 is 1.85 bits per heavy atom. The number of thiazole rings is 1. The van der Waals surface area contributed by atoms with Crippen LogP contribution in [0.2, 0.25) is 0 Å². The van der Waals surface area contributed by atoms with Gasteiger partial charge in [-0.05, 0) is 59.3 Å². The molecule has 26 heavy (non-hydrogen) atoms. The first kappa shape index (κ1) is 19.9. The molecule has 2 N–H and O–H groups in total. The maximum Gasteiger partial charge on any atom is 0.409 e. The molecule has 138 valence electrons.